The van der Waals surface area contributed by atoms with Gasteiger partial charge in [-0.15, -0.1) is 0 Å². The SMILES string of the molecule is CCCCC(C)C(CC)[SiH2]O. The van der Waals surface area contributed by atoms with E-state index in [2.05, 4.69) is 20.8 Å². The quantitative estimate of drug-likeness (QED) is 0.611. The van der Waals surface area contributed by atoms with Crippen molar-refractivity contribution in [2.24, 2.45) is 5.92 Å². The van der Waals surface area contributed by atoms with E-state index in [1.165, 1.54) is 25.7 Å². The second-order valence-corrected chi connectivity index (χ2v) is 4.88. The fourth-order valence-electron chi connectivity index (χ4n) is 1.47. The minimum atomic E-state index is -0.747. The highest BCUT2D eigenvalue weighted by Gasteiger charge is 2.13. The molecule has 11 heavy (non-hydrogen) atoms. The second-order valence-electron chi connectivity index (χ2n) is 3.47. The molecule has 0 aliphatic carbocycles. The first-order chi connectivity index (χ1) is 5.26. The molecule has 0 aromatic carbocycles. The van der Waals surface area contributed by atoms with Gasteiger partial charge in [-0.1, -0.05) is 46.5 Å². The molecule has 0 saturated heterocycles. The topological polar surface area (TPSA) is 20.2 Å². The van der Waals surface area contributed by atoms with Crippen molar-refractivity contribution in [2.75, 3.05) is 0 Å². The van der Waals surface area contributed by atoms with E-state index in [9.17, 15) is 0 Å². The summed E-state index contributed by atoms with van der Waals surface area (Å²) in [5.41, 5.74) is 0.668. The summed E-state index contributed by atoms with van der Waals surface area (Å²) < 4.78 is 0. The lowest BCUT2D eigenvalue weighted by atomic mass is 9.99. The Labute approximate surface area is 73.2 Å². The second kappa shape index (κ2) is 6.86. The van der Waals surface area contributed by atoms with E-state index in [0.29, 0.717) is 5.54 Å². The van der Waals surface area contributed by atoms with Crippen molar-refractivity contribution in [3.63, 3.8) is 0 Å². The zero-order valence-corrected chi connectivity index (χ0v) is 9.55. The van der Waals surface area contributed by atoms with Crippen LogP contribution in [0.25, 0.3) is 0 Å². The Morgan fingerprint density at radius 2 is 2.00 bits per heavy atom. The van der Waals surface area contributed by atoms with Gasteiger partial charge in [0, 0.05) is 0 Å². The molecule has 0 spiro atoms. The molecule has 2 heteroatoms. The number of hydrogen-bond donors (Lipinski definition) is 1. The molecule has 0 bridgehead atoms. The van der Waals surface area contributed by atoms with Crippen LogP contribution in [0.15, 0.2) is 0 Å². The van der Waals surface area contributed by atoms with E-state index in [1.54, 1.807) is 0 Å². The van der Waals surface area contributed by atoms with Crippen molar-refractivity contribution in [2.45, 2.75) is 52.0 Å². The molecule has 2 atom stereocenters. The van der Waals surface area contributed by atoms with Gasteiger partial charge in [-0.2, -0.15) is 0 Å². The highest BCUT2D eigenvalue weighted by molar-refractivity contribution is 6.27. The van der Waals surface area contributed by atoms with Crippen LogP contribution in [0.3, 0.4) is 0 Å². The summed E-state index contributed by atoms with van der Waals surface area (Å²) in [5, 5.41) is 0. The van der Waals surface area contributed by atoms with Crippen molar-refractivity contribution in [3.8, 4) is 0 Å². The molecule has 0 heterocycles. The Hall–Kier alpha value is 0.177. The fraction of sp³-hybridized carbons (Fsp3) is 1.00. The van der Waals surface area contributed by atoms with E-state index in [-0.39, 0.29) is 0 Å². The van der Waals surface area contributed by atoms with Crippen LogP contribution in [0.2, 0.25) is 5.54 Å². The molecule has 0 radical (unpaired) electrons. The van der Waals surface area contributed by atoms with Gasteiger partial charge < -0.3 is 4.80 Å². The maximum atomic E-state index is 9.13. The molecule has 1 nitrogen and oxygen atoms in total. The maximum absolute atomic E-state index is 9.13. The zero-order chi connectivity index (χ0) is 8.69. The van der Waals surface area contributed by atoms with Crippen LogP contribution in [-0.2, 0) is 0 Å². The molecule has 1 N–H and O–H groups in total. The molecule has 0 aliphatic heterocycles. The highest BCUT2D eigenvalue weighted by Crippen LogP contribution is 2.24. The molecule has 0 saturated carbocycles. The van der Waals surface area contributed by atoms with Gasteiger partial charge >= 0.3 is 0 Å². The summed E-state index contributed by atoms with van der Waals surface area (Å²) in [6.07, 6.45) is 5.09. The summed E-state index contributed by atoms with van der Waals surface area (Å²) in [6, 6.07) is 0. The first-order valence-electron chi connectivity index (χ1n) is 4.87. The predicted molar refractivity (Wildman–Crippen MR) is 53.5 cm³/mol. The summed E-state index contributed by atoms with van der Waals surface area (Å²) in [6.45, 7) is 6.70. The van der Waals surface area contributed by atoms with E-state index in [1.807, 2.05) is 0 Å². The molecule has 0 aliphatic rings. The maximum Gasteiger partial charge on any atom is 0.160 e. The third-order valence-corrected chi connectivity index (χ3v) is 4.43. The van der Waals surface area contributed by atoms with Crippen molar-refractivity contribution in [1.82, 2.24) is 0 Å². The normalized spacial score (nSPS) is 17.5. The smallest absolute Gasteiger partial charge is 0.160 e. The van der Waals surface area contributed by atoms with E-state index < -0.39 is 9.76 Å². The Bertz CT molecular complexity index is 81.6. The lowest BCUT2D eigenvalue weighted by Gasteiger charge is -2.19. The average Bonchev–Trinajstić information content (AvgIpc) is 2.03. The van der Waals surface area contributed by atoms with E-state index >= 15 is 0 Å². The first-order valence-corrected chi connectivity index (χ1v) is 6.31. The summed E-state index contributed by atoms with van der Waals surface area (Å²) in [7, 11) is -0.747. The van der Waals surface area contributed by atoms with Gasteiger partial charge in [0.1, 0.15) is 0 Å². The van der Waals surface area contributed by atoms with Crippen molar-refractivity contribution < 1.29 is 4.80 Å². The van der Waals surface area contributed by atoms with Gasteiger partial charge in [-0.25, -0.2) is 0 Å². The molecule has 2 unspecified atom stereocenters. The molecule has 0 fully saturated rings. The monoisotopic (exact) mass is 174 g/mol. The van der Waals surface area contributed by atoms with Gasteiger partial charge in [-0.05, 0) is 11.5 Å². The van der Waals surface area contributed by atoms with Crippen molar-refractivity contribution in [3.05, 3.63) is 0 Å². The molecule has 0 aromatic heterocycles. The van der Waals surface area contributed by atoms with Gasteiger partial charge in [0.25, 0.3) is 0 Å². The lowest BCUT2D eigenvalue weighted by molar-refractivity contribution is 0.434. The van der Waals surface area contributed by atoms with Gasteiger partial charge in [0.05, 0.1) is 0 Å². The fourth-order valence-corrected chi connectivity index (χ4v) is 2.33. The predicted octanol–water partition coefficient (Wildman–Crippen LogP) is 2.09. The van der Waals surface area contributed by atoms with Crippen molar-refractivity contribution >= 4 is 9.76 Å². The number of rotatable bonds is 6. The summed E-state index contributed by atoms with van der Waals surface area (Å²) in [5.74, 6) is 0.761. The lowest BCUT2D eigenvalue weighted by Crippen LogP contribution is -2.11. The molecule has 0 rings (SSSR count). The Balaban J connectivity index is 3.51. The third-order valence-electron chi connectivity index (χ3n) is 2.58. The molecular weight excluding hydrogens is 152 g/mol. The Morgan fingerprint density at radius 3 is 2.36 bits per heavy atom. The standard InChI is InChI=1S/C9H22OSi/c1-4-6-7-8(3)9(5-2)11-10/h8-10H,4-7,11H2,1-3H3. The van der Waals surface area contributed by atoms with Crippen LogP contribution in [0.5, 0.6) is 0 Å². The van der Waals surface area contributed by atoms with Crippen LogP contribution in [0.1, 0.15) is 46.5 Å². The van der Waals surface area contributed by atoms with Gasteiger partial charge in [-0.3, -0.25) is 0 Å². The first kappa shape index (κ1) is 11.2. The molecule has 0 amide bonds. The van der Waals surface area contributed by atoms with E-state index in [0.717, 1.165) is 5.92 Å². The van der Waals surface area contributed by atoms with Gasteiger partial charge in [0.15, 0.2) is 9.76 Å². The zero-order valence-electron chi connectivity index (χ0n) is 8.14. The highest BCUT2D eigenvalue weighted by atomic mass is 28.2. The molecule has 68 valence electrons. The minimum absolute atomic E-state index is 0.668. The summed E-state index contributed by atoms with van der Waals surface area (Å²) >= 11 is 0. The van der Waals surface area contributed by atoms with Crippen LogP contribution in [0, 0.1) is 5.92 Å². The Morgan fingerprint density at radius 1 is 1.36 bits per heavy atom. The summed E-state index contributed by atoms with van der Waals surface area (Å²) in [4.78, 5) is 9.13. The van der Waals surface area contributed by atoms with Crippen LogP contribution in [-0.4, -0.2) is 14.6 Å². The van der Waals surface area contributed by atoms with E-state index in [4.69, 9.17) is 4.80 Å². The average molecular weight is 174 g/mol. The van der Waals surface area contributed by atoms with Crippen LogP contribution >= 0.6 is 0 Å². The molecular formula is C9H22OSi. The van der Waals surface area contributed by atoms with Crippen molar-refractivity contribution in [1.29, 1.82) is 0 Å². The Kier molecular flexibility index (Phi) is 6.97. The number of unbranched alkanes of at least 4 members (excludes halogenated alkanes) is 1. The van der Waals surface area contributed by atoms with Gasteiger partial charge in [0.2, 0.25) is 0 Å². The molecule has 0 aromatic rings. The largest absolute Gasteiger partial charge is 0.438 e. The van der Waals surface area contributed by atoms with Crippen LogP contribution in [0.4, 0.5) is 0 Å². The van der Waals surface area contributed by atoms with Crippen LogP contribution < -0.4 is 0 Å². The third kappa shape index (κ3) is 4.59. The minimum Gasteiger partial charge on any atom is -0.438 e. The number of hydrogen-bond acceptors (Lipinski definition) is 1.